The number of carbonyl (C=O) groups excluding carboxylic acids is 2. The van der Waals surface area contributed by atoms with Gasteiger partial charge in [-0.25, -0.2) is 8.42 Å². The van der Waals surface area contributed by atoms with E-state index in [1.165, 1.54) is 4.90 Å². The molecular weight excluding hydrogens is 730 g/mol. The zero-order chi connectivity index (χ0) is 32.7. The van der Waals surface area contributed by atoms with Gasteiger partial charge in [0.05, 0.1) is 10.6 Å². The van der Waals surface area contributed by atoms with Gasteiger partial charge in [0.2, 0.25) is 11.8 Å². The smallest absolute Gasteiger partial charge is 0.264 e. The number of hydrogen-bond acceptors (Lipinski definition) is 4. The molecule has 4 aromatic carbocycles. The van der Waals surface area contributed by atoms with Gasteiger partial charge in [0.25, 0.3) is 10.0 Å². The van der Waals surface area contributed by atoms with E-state index >= 15 is 0 Å². The maximum absolute atomic E-state index is 14.6. The molecule has 5 rings (SSSR count). The van der Waals surface area contributed by atoms with Crippen LogP contribution in [0.1, 0.15) is 42.4 Å². The van der Waals surface area contributed by atoms with Crippen molar-refractivity contribution in [3.63, 3.8) is 0 Å². The van der Waals surface area contributed by atoms with Crippen LogP contribution in [0.5, 0.6) is 0 Å². The lowest BCUT2D eigenvalue weighted by Crippen LogP contribution is -2.54. The van der Waals surface area contributed by atoms with Gasteiger partial charge in [0.1, 0.15) is 12.6 Å². The van der Waals surface area contributed by atoms with E-state index in [2.05, 4.69) is 37.2 Å². The molecule has 10 heteroatoms. The van der Waals surface area contributed by atoms with E-state index in [1.54, 1.807) is 48.5 Å². The Morgan fingerprint density at radius 2 is 1.50 bits per heavy atom. The molecule has 1 aliphatic rings. The number of aryl methyl sites for hydroxylation is 1. The van der Waals surface area contributed by atoms with Crippen LogP contribution < -0.4 is 9.62 Å². The van der Waals surface area contributed by atoms with Gasteiger partial charge < -0.3 is 10.2 Å². The predicted molar refractivity (Wildman–Crippen MR) is 189 cm³/mol. The predicted octanol–water partition coefficient (Wildman–Crippen LogP) is 7.41. The van der Waals surface area contributed by atoms with Crippen molar-refractivity contribution >= 4 is 59.4 Å². The maximum Gasteiger partial charge on any atom is 0.264 e. The molecule has 0 spiro atoms. The van der Waals surface area contributed by atoms with Gasteiger partial charge in [-0.2, -0.15) is 0 Å². The first kappa shape index (κ1) is 33.9. The zero-order valence-electron chi connectivity index (χ0n) is 25.6. The molecule has 0 aromatic heterocycles. The van der Waals surface area contributed by atoms with Crippen LogP contribution in [0.25, 0.3) is 0 Å². The molecule has 1 N–H and O–H groups in total. The van der Waals surface area contributed by atoms with Crippen LogP contribution in [0.4, 0.5) is 5.69 Å². The highest BCUT2D eigenvalue weighted by Gasteiger charge is 2.35. The second kappa shape index (κ2) is 15.4. The van der Waals surface area contributed by atoms with Crippen molar-refractivity contribution in [2.45, 2.75) is 62.6 Å². The first-order valence-electron chi connectivity index (χ1n) is 15.3. The van der Waals surface area contributed by atoms with Gasteiger partial charge in [-0.1, -0.05) is 111 Å². The summed E-state index contributed by atoms with van der Waals surface area (Å²) >= 11 is 6.93. The fraction of sp³-hybridized carbons (Fsp3) is 0.278. The second-order valence-electron chi connectivity index (χ2n) is 11.6. The molecule has 46 heavy (non-hydrogen) atoms. The molecule has 0 unspecified atom stereocenters. The third-order valence-electron chi connectivity index (χ3n) is 8.22. The summed E-state index contributed by atoms with van der Waals surface area (Å²) in [6.45, 7) is 1.51. The van der Waals surface area contributed by atoms with Crippen LogP contribution in [0, 0.1) is 6.92 Å². The van der Waals surface area contributed by atoms with E-state index in [0.717, 1.165) is 51.2 Å². The molecule has 240 valence electrons. The van der Waals surface area contributed by atoms with Crippen molar-refractivity contribution in [3.05, 3.63) is 129 Å². The highest BCUT2D eigenvalue weighted by atomic mass is 79.9. The quantitative estimate of drug-likeness (QED) is 0.163. The SMILES string of the molecule is Cc1ccc(S(=O)(=O)N(CC(=O)N(Cc2ccc(Br)cc2)[C@H](Cc2ccccc2)C(=O)NC2CCCC2)c2cccc(Br)c2)cc1. The minimum atomic E-state index is -4.16. The van der Waals surface area contributed by atoms with Gasteiger partial charge in [-0.3, -0.25) is 13.9 Å². The molecule has 7 nitrogen and oxygen atoms in total. The average Bonchev–Trinajstić information content (AvgIpc) is 3.56. The van der Waals surface area contributed by atoms with Gasteiger partial charge in [0, 0.05) is 28.0 Å². The van der Waals surface area contributed by atoms with Crippen molar-refractivity contribution in [3.8, 4) is 0 Å². The van der Waals surface area contributed by atoms with Gasteiger partial charge in [-0.05, 0) is 73.4 Å². The Bertz CT molecular complexity index is 1740. The molecule has 1 atom stereocenters. The minimum absolute atomic E-state index is 0.0514. The number of benzene rings is 4. The maximum atomic E-state index is 14.6. The van der Waals surface area contributed by atoms with Crippen molar-refractivity contribution in [1.82, 2.24) is 10.2 Å². The fourth-order valence-electron chi connectivity index (χ4n) is 5.71. The van der Waals surface area contributed by atoms with E-state index in [1.807, 2.05) is 61.5 Å². The van der Waals surface area contributed by atoms with Crippen molar-refractivity contribution < 1.29 is 18.0 Å². The van der Waals surface area contributed by atoms with E-state index in [-0.39, 0.29) is 29.8 Å². The summed E-state index contributed by atoms with van der Waals surface area (Å²) in [6.07, 6.45) is 4.18. The largest absolute Gasteiger partial charge is 0.352 e. The summed E-state index contributed by atoms with van der Waals surface area (Å²) in [5, 5.41) is 3.20. The molecule has 0 heterocycles. The van der Waals surface area contributed by atoms with Crippen LogP contribution >= 0.6 is 31.9 Å². The number of anilines is 1. The van der Waals surface area contributed by atoms with Crippen LogP contribution in [0.2, 0.25) is 0 Å². The number of rotatable bonds is 12. The first-order valence-corrected chi connectivity index (χ1v) is 18.4. The molecule has 4 aromatic rings. The summed E-state index contributed by atoms with van der Waals surface area (Å²) in [4.78, 5) is 30.3. The molecular formula is C36H37Br2N3O4S. The highest BCUT2D eigenvalue weighted by molar-refractivity contribution is 9.10. The highest BCUT2D eigenvalue weighted by Crippen LogP contribution is 2.28. The zero-order valence-corrected chi connectivity index (χ0v) is 29.6. The number of nitrogens with one attached hydrogen (secondary N) is 1. The van der Waals surface area contributed by atoms with Crippen LogP contribution in [-0.2, 0) is 32.6 Å². The van der Waals surface area contributed by atoms with E-state index < -0.39 is 28.5 Å². The molecule has 0 radical (unpaired) electrons. The molecule has 1 aliphatic carbocycles. The molecule has 2 amide bonds. The molecule has 1 fully saturated rings. The summed E-state index contributed by atoms with van der Waals surface area (Å²) in [5.74, 6) is -0.724. The third kappa shape index (κ3) is 8.66. The van der Waals surface area contributed by atoms with Gasteiger partial charge in [0.15, 0.2) is 0 Å². The molecule has 1 saturated carbocycles. The number of sulfonamides is 1. The van der Waals surface area contributed by atoms with E-state index in [4.69, 9.17) is 0 Å². The lowest BCUT2D eigenvalue weighted by molar-refractivity contribution is -0.140. The molecule has 0 bridgehead atoms. The monoisotopic (exact) mass is 765 g/mol. The van der Waals surface area contributed by atoms with Crippen molar-refractivity contribution in [1.29, 1.82) is 0 Å². The summed E-state index contributed by atoms with van der Waals surface area (Å²) in [5.41, 5.74) is 2.97. The number of halogens is 2. The van der Waals surface area contributed by atoms with Crippen molar-refractivity contribution in [2.24, 2.45) is 0 Å². The third-order valence-corrected chi connectivity index (χ3v) is 11.0. The Morgan fingerprint density at radius 1 is 0.826 bits per heavy atom. The summed E-state index contributed by atoms with van der Waals surface area (Å²) < 4.78 is 31.1. The van der Waals surface area contributed by atoms with E-state index in [9.17, 15) is 18.0 Å². The lowest BCUT2D eigenvalue weighted by Gasteiger charge is -2.34. The van der Waals surface area contributed by atoms with Gasteiger partial charge >= 0.3 is 0 Å². The fourth-order valence-corrected chi connectivity index (χ4v) is 7.76. The van der Waals surface area contributed by atoms with Crippen LogP contribution in [-0.4, -0.2) is 43.8 Å². The Morgan fingerprint density at radius 3 is 2.15 bits per heavy atom. The Balaban J connectivity index is 1.56. The topological polar surface area (TPSA) is 86.8 Å². The number of hydrogen-bond donors (Lipinski definition) is 1. The van der Waals surface area contributed by atoms with E-state index in [0.29, 0.717) is 10.2 Å². The number of nitrogens with zero attached hydrogens (tertiary/aromatic N) is 2. The standard InChI is InChI=1S/C36H37Br2N3O4S/c1-26-14-20-33(21-15-26)46(44,45)41(32-13-7-10-30(38)23-32)25-35(42)40(24-28-16-18-29(37)19-17-28)34(22-27-8-3-2-4-9-27)36(43)39-31-11-5-6-12-31/h2-4,7-10,13-21,23,31,34H,5-6,11-12,22,24-25H2,1H3,(H,39,43)/t34-/m1/s1. The molecule has 0 aliphatic heterocycles. The lowest BCUT2D eigenvalue weighted by atomic mass is 10.0. The normalized spacial score (nSPS) is 14.1. The summed E-state index contributed by atoms with van der Waals surface area (Å²) in [6, 6.07) is 29.8. The first-order chi connectivity index (χ1) is 22.1. The number of amides is 2. The average molecular weight is 768 g/mol. The van der Waals surface area contributed by atoms with Crippen LogP contribution in [0.3, 0.4) is 0 Å². The van der Waals surface area contributed by atoms with Gasteiger partial charge in [-0.15, -0.1) is 0 Å². The van der Waals surface area contributed by atoms with Crippen molar-refractivity contribution in [2.75, 3.05) is 10.8 Å². The second-order valence-corrected chi connectivity index (χ2v) is 15.3. The summed E-state index contributed by atoms with van der Waals surface area (Å²) in [7, 11) is -4.16. The Labute approximate surface area is 288 Å². The minimum Gasteiger partial charge on any atom is -0.352 e. The Hall–Kier alpha value is -3.47. The van der Waals surface area contributed by atoms with Crippen LogP contribution in [0.15, 0.2) is 117 Å². The number of carbonyl (C=O) groups is 2. The Kier molecular flexibility index (Phi) is 11.4. The molecule has 0 saturated heterocycles.